The fraction of sp³-hybridized carbons (Fsp3) is 0.600. The lowest BCUT2D eigenvalue weighted by Crippen LogP contribution is -2.03. The standard InChI is InChI=1S/C20H31N3/c1-2-3-4-5-6-7-8-9-10-11-14-19-15-12-13-16-20(19)23-21-17-18-22-23/h12-13,15-18H,2-11,14H2,1H3. The maximum absolute atomic E-state index is 4.25. The van der Waals surface area contributed by atoms with Crippen molar-refractivity contribution in [2.45, 2.75) is 77.6 Å². The monoisotopic (exact) mass is 313 g/mol. The predicted molar refractivity (Wildman–Crippen MR) is 96.9 cm³/mol. The molecule has 1 aromatic carbocycles. The summed E-state index contributed by atoms with van der Waals surface area (Å²) in [6.45, 7) is 2.28. The molecule has 126 valence electrons. The van der Waals surface area contributed by atoms with Crippen molar-refractivity contribution in [1.82, 2.24) is 15.0 Å². The number of hydrogen-bond acceptors (Lipinski definition) is 2. The molecule has 1 aromatic heterocycles. The molecule has 0 aliphatic heterocycles. The maximum Gasteiger partial charge on any atom is 0.0888 e. The first-order valence-corrected chi connectivity index (χ1v) is 9.36. The van der Waals surface area contributed by atoms with Crippen LogP contribution in [0.5, 0.6) is 0 Å². The van der Waals surface area contributed by atoms with Gasteiger partial charge in [0.1, 0.15) is 0 Å². The molecule has 0 amide bonds. The zero-order valence-corrected chi connectivity index (χ0v) is 14.6. The Labute approximate surface area is 141 Å². The number of aromatic nitrogens is 3. The van der Waals surface area contributed by atoms with Crippen LogP contribution < -0.4 is 0 Å². The number of nitrogens with zero attached hydrogens (tertiary/aromatic N) is 3. The molecule has 2 rings (SSSR count). The van der Waals surface area contributed by atoms with Crippen molar-refractivity contribution < 1.29 is 0 Å². The molecule has 0 unspecified atom stereocenters. The van der Waals surface area contributed by atoms with Crippen molar-refractivity contribution in [1.29, 1.82) is 0 Å². The van der Waals surface area contributed by atoms with Gasteiger partial charge in [-0.1, -0.05) is 82.9 Å². The molecular weight excluding hydrogens is 282 g/mol. The van der Waals surface area contributed by atoms with Crippen LogP contribution in [0.1, 0.15) is 76.7 Å². The van der Waals surface area contributed by atoms with Crippen molar-refractivity contribution in [3.8, 4) is 5.69 Å². The second-order valence-corrected chi connectivity index (χ2v) is 6.38. The van der Waals surface area contributed by atoms with E-state index in [0.717, 1.165) is 12.1 Å². The molecule has 1 heterocycles. The van der Waals surface area contributed by atoms with Crippen molar-refractivity contribution in [3.05, 3.63) is 42.2 Å². The van der Waals surface area contributed by atoms with Crippen LogP contribution in [-0.2, 0) is 6.42 Å². The Morgan fingerprint density at radius 2 is 1.30 bits per heavy atom. The molecule has 0 saturated heterocycles. The SMILES string of the molecule is CCCCCCCCCCCCc1ccccc1-n1nccn1. The maximum atomic E-state index is 4.25. The molecule has 2 aromatic rings. The molecular formula is C20H31N3. The van der Waals surface area contributed by atoms with Gasteiger partial charge in [-0.15, -0.1) is 0 Å². The fourth-order valence-electron chi connectivity index (χ4n) is 3.06. The molecule has 0 radical (unpaired) electrons. The lowest BCUT2D eigenvalue weighted by atomic mass is 10.0. The summed E-state index contributed by atoms with van der Waals surface area (Å²) >= 11 is 0. The highest BCUT2D eigenvalue weighted by Gasteiger charge is 2.04. The smallest absolute Gasteiger partial charge is 0.0888 e. The van der Waals surface area contributed by atoms with Crippen LogP contribution in [0.4, 0.5) is 0 Å². The van der Waals surface area contributed by atoms with Crippen molar-refractivity contribution >= 4 is 0 Å². The third-order valence-corrected chi connectivity index (χ3v) is 4.43. The van der Waals surface area contributed by atoms with Gasteiger partial charge in [-0.05, 0) is 24.5 Å². The van der Waals surface area contributed by atoms with Gasteiger partial charge in [-0.25, -0.2) is 0 Å². The summed E-state index contributed by atoms with van der Waals surface area (Å²) in [4.78, 5) is 1.73. The zero-order chi connectivity index (χ0) is 16.2. The van der Waals surface area contributed by atoms with Crippen LogP contribution in [0.15, 0.2) is 36.7 Å². The first-order valence-electron chi connectivity index (χ1n) is 9.36. The lowest BCUT2D eigenvalue weighted by molar-refractivity contribution is 0.556. The number of unbranched alkanes of at least 4 members (excludes halogenated alkanes) is 9. The van der Waals surface area contributed by atoms with E-state index in [-0.39, 0.29) is 0 Å². The highest BCUT2D eigenvalue weighted by atomic mass is 15.5. The van der Waals surface area contributed by atoms with E-state index in [1.165, 1.54) is 69.8 Å². The fourth-order valence-corrected chi connectivity index (χ4v) is 3.06. The van der Waals surface area contributed by atoms with Crippen LogP contribution in [0.25, 0.3) is 5.69 Å². The van der Waals surface area contributed by atoms with E-state index < -0.39 is 0 Å². The Bertz CT molecular complexity index is 519. The van der Waals surface area contributed by atoms with Crippen LogP contribution in [0, 0.1) is 0 Å². The van der Waals surface area contributed by atoms with E-state index in [2.05, 4.69) is 41.4 Å². The predicted octanol–water partition coefficient (Wildman–Crippen LogP) is 5.73. The normalized spacial score (nSPS) is 11.0. The minimum Gasteiger partial charge on any atom is -0.157 e. The Morgan fingerprint density at radius 3 is 1.96 bits per heavy atom. The van der Waals surface area contributed by atoms with Crippen LogP contribution >= 0.6 is 0 Å². The molecule has 0 aliphatic carbocycles. The first-order chi connectivity index (χ1) is 11.4. The van der Waals surface area contributed by atoms with Crippen molar-refractivity contribution in [3.63, 3.8) is 0 Å². The summed E-state index contributed by atoms with van der Waals surface area (Å²) in [5, 5.41) is 8.50. The highest BCUT2D eigenvalue weighted by molar-refractivity contribution is 5.39. The molecule has 23 heavy (non-hydrogen) atoms. The molecule has 3 heteroatoms. The minimum absolute atomic E-state index is 1.12. The van der Waals surface area contributed by atoms with Gasteiger partial charge < -0.3 is 0 Å². The largest absolute Gasteiger partial charge is 0.157 e. The van der Waals surface area contributed by atoms with Gasteiger partial charge in [0, 0.05) is 0 Å². The van der Waals surface area contributed by atoms with Gasteiger partial charge in [-0.2, -0.15) is 15.0 Å². The van der Waals surface area contributed by atoms with E-state index >= 15 is 0 Å². The summed E-state index contributed by atoms with van der Waals surface area (Å²) in [5.41, 5.74) is 2.47. The van der Waals surface area contributed by atoms with E-state index in [1.807, 2.05) is 0 Å². The average molecular weight is 313 g/mol. The lowest BCUT2D eigenvalue weighted by Gasteiger charge is -2.08. The van der Waals surface area contributed by atoms with Crippen LogP contribution in [0.3, 0.4) is 0 Å². The average Bonchev–Trinajstić information content (AvgIpc) is 3.11. The zero-order valence-electron chi connectivity index (χ0n) is 14.6. The second-order valence-electron chi connectivity index (χ2n) is 6.38. The third kappa shape index (κ3) is 6.55. The Hall–Kier alpha value is -1.64. The minimum atomic E-state index is 1.12. The summed E-state index contributed by atoms with van der Waals surface area (Å²) in [7, 11) is 0. The summed E-state index contributed by atoms with van der Waals surface area (Å²) in [6, 6.07) is 8.47. The summed E-state index contributed by atoms with van der Waals surface area (Å²) < 4.78 is 0. The van der Waals surface area contributed by atoms with Gasteiger partial charge >= 0.3 is 0 Å². The van der Waals surface area contributed by atoms with Crippen LogP contribution in [-0.4, -0.2) is 15.0 Å². The topological polar surface area (TPSA) is 30.7 Å². The Balaban J connectivity index is 1.60. The molecule has 3 nitrogen and oxygen atoms in total. The molecule has 0 atom stereocenters. The highest BCUT2D eigenvalue weighted by Crippen LogP contribution is 2.17. The van der Waals surface area contributed by atoms with Gasteiger partial charge in [0.2, 0.25) is 0 Å². The van der Waals surface area contributed by atoms with E-state index in [9.17, 15) is 0 Å². The van der Waals surface area contributed by atoms with E-state index in [0.29, 0.717) is 0 Å². The number of aryl methyl sites for hydroxylation is 1. The van der Waals surface area contributed by atoms with Crippen LogP contribution in [0.2, 0.25) is 0 Å². The quantitative estimate of drug-likeness (QED) is 0.468. The molecule has 0 bridgehead atoms. The third-order valence-electron chi connectivity index (χ3n) is 4.43. The molecule has 0 aliphatic rings. The molecule has 0 fully saturated rings. The van der Waals surface area contributed by atoms with Gasteiger partial charge in [0.15, 0.2) is 0 Å². The second kappa shape index (κ2) is 11.0. The van der Waals surface area contributed by atoms with Crippen molar-refractivity contribution in [2.75, 3.05) is 0 Å². The Morgan fingerprint density at radius 1 is 0.739 bits per heavy atom. The van der Waals surface area contributed by atoms with Crippen molar-refractivity contribution in [2.24, 2.45) is 0 Å². The first kappa shape index (κ1) is 17.7. The molecule has 0 N–H and O–H groups in total. The number of benzene rings is 1. The number of rotatable bonds is 12. The van der Waals surface area contributed by atoms with E-state index in [4.69, 9.17) is 0 Å². The number of hydrogen-bond donors (Lipinski definition) is 0. The summed E-state index contributed by atoms with van der Waals surface area (Å²) in [5.74, 6) is 0. The number of para-hydroxylation sites is 1. The van der Waals surface area contributed by atoms with Gasteiger partial charge in [0.25, 0.3) is 0 Å². The molecule has 0 saturated carbocycles. The van der Waals surface area contributed by atoms with E-state index in [1.54, 1.807) is 17.2 Å². The van der Waals surface area contributed by atoms with Gasteiger partial charge in [0.05, 0.1) is 18.1 Å². The molecule has 0 spiro atoms. The summed E-state index contributed by atoms with van der Waals surface area (Å²) in [6.07, 6.45) is 18.4. The Kier molecular flexibility index (Phi) is 8.46. The van der Waals surface area contributed by atoms with Gasteiger partial charge in [-0.3, -0.25) is 0 Å².